The van der Waals surface area contributed by atoms with Gasteiger partial charge in [-0.15, -0.1) is 0 Å². The van der Waals surface area contributed by atoms with E-state index in [4.69, 9.17) is 0 Å². The van der Waals surface area contributed by atoms with Gasteiger partial charge in [0.2, 0.25) is 11.8 Å². The van der Waals surface area contributed by atoms with E-state index < -0.39 is 0 Å². The van der Waals surface area contributed by atoms with E-state index in [1.807, 2.05) is 4.90 Å². The monoisotopic (exact) mass is 466 g/mol. The van der Waals surface area contributed by atoms with Crippen molar-refractivity contribution in [2.24, 2.45) is 11.3 Å². The molecule has 32 heavy (non-hydrogen) atoms. The summed E-state index contributed by atoms with van der Waals surface area (Å²) < 4.78 is 0. The highest BCUT2D eigenvalue weighted by Gasteiger charge is 2.46. The molecule has 0 N–H and O–H groups in total. The highest BCUT2D eigenvalue weighted by atomic mass is 32.2. The number of nitrogens with zero attached hydrogens (tertiary/aromatic N) is 4. The van der Waals surface area contributed by atoms with Crippen LogP contribution in [0.3, 0.4) is 0 Å². The zero-order valence-corrected chi connectivity index (χ0v) is 22.0. The molecule has 3 heterocycles. The number of carbonyl (C=O) groups is 2. The number of hydrogen-bond acceptors (Lipinski definition) is 5. The number of piperazine rings is 1. The Morgan fingerprint density at radius 2 is 1.44 bits per heavy atom. The van der Waals surface area contributed by atoms with Crippen molar-refractivity contribution in [2.45, 2.75) is 72.4 Å². The topological polar surface area (TPSA) is 47.1 Å². The highest BCUT2D eigenvalue weighted by Crippen LogP contribution is 2.41. The molecule has 2 amide bonds. The lowest BCUT2D eigenvalue weighted by atomic mass is 9.72. The molecule has 0 aromatic heterocycles. The van der Waals surface area contributed by atoms with Crippen LogP contribution < -0.4 is 0 Å². The Hall–Kier alpha value is -0.790. The molecule has 3 aliphatic rings. The maximum absolute atomic E-state index is 12.6. The van der Waals surface area contributed by atoms with Crippen LogP contribution in [-0.4, -0.2) is 107 Å². The molecule has 3 aliphatic heterocycles. The molecule has 0 aromatic rings. The van der Waals surface area contributed by atoms with Crippen molar-refractivity contribution in [3.05, 3.63) is 0 Å². The van der Waals surface area contributed by atoms with Crippen LogP contribution in [0.5, 0.6) is 0 Å². The van der Waals surface area contributed by atoms with Crippen molar-refractivity contribution in [1.82, 2.24) is 19.6 Å². The average molecular weight is 467 g/mol. The lowest BCUT2D eigenvalue weighted by Gasteiger charge is -2.54. The molecular formula is C25H46N4O2S. The number of thioether (sulfide) groups is 1. The van der Waals surface area contributed by atoms with Gasteiger partial charge in [0.05, 0.1) is 5.75 Å². The molecule has 0 saturated carbocycles. The molecule has 1 spiro atoms. The van der Waals surface area contributed by atoms with Gasteiger partial charge < -0.3 is 14.7 Å². The van der Waals surface area contributed by atoms with Crippen molar-refractivity contribution >= 4 is 23.6 Å². The fourth-order valence-electron chi connectivity index (χ4n) is 5.35. The zero-order valence-electron chi connectivity index (χ0n) is 21.1. The van der Waals surface area contributed by atoms with Gasteiger partial charge in [0.15, 0.2) is 0 Å². The molecule has 3 saturated heterocycles. The van der Waals surface area contributed by atoms with E-state index in [1.165, 1.54) is 25.9 Å². The Balaban J connectivity index is 1.25. The van der Waals surface area contributed by atoms with Gasteiger partial charge in [-0.3, -0.25) is 14.5 Å². The van der Waals surface area contributed by atoms with Gasteiger partial charge in [-0.25, -0.2) is 0 Å². The Labute approximate surface area is 200 Å². The van der Waals surface area contributed by atoms with E-state index in [9.17, 15) is 9.59 Å². The van der Waals surface area contributed by atoms with E-state index in [1.54, 1.807) is 11.8 Å². The van der Waals surface area contributed by atoms with Gasteiger partial charge in [0.1, 0.15) is 0 Å². The molecule has 3 rings (SSSR count). The van der Waals surface area contributed by atoms with Crippen LogP contribution in [-0.2, 0) is 9.59 Å². The SMILES string of the molecule is CC(C)CC(=O)N1CCN(C(C)CCSCC(=O)N2CC3(CCN(C(C)C)CC3)C2)CC1. The normalized spacial score (nSPS) is 23.1. The highest BCUT2D eigenvalue weighted by molar-refractivity contribution is 7.99. The summed E-state index contributed by atoms with van der Waals surface area (Å²) in [5.41, 5.74) is 0.416. The number of likely N-dealkylation sites (tertiary alicyclic amines) is 2. The van der Waals surface area contributed by atoms with Gasteiger partial charge >= 0.3 is 0 Å². The van der Waals surface area contributed by atoms with Gasteiger partial charge in [-0.05, 0) is 64.8 Å². The minimum Gasteiger partial charge on any atom is -0.341 e. The first-order valence-electron chi connectivity index (χ1n) is 12.8. The smallest absolute Gasteiger partial charge is 0.232 e. The summed E-state index contributed by atoms with van der Waals surface area (Å²) >= 11 is 1.79. The standard InChI is InChI=1S/C25H46N4O2S/c1-20(2)16-23(30)28-13-11-27(12-14-28)22(5)6-15-32-17-24(31)29-18-25(19-29)7-9-26(10-8-25)21(3)4/h20-22H,6-19H2,1-5H3. The van der Waals surface area contributed by atoms with Gasteiger partial charge in [-0.1, -0.05) is 13.8 Å². The molecule has 184 valence electrons. The van der Waals surface area contributed by atoms with E-state index >= 15 is 0 Å². The van der Waals surface area contributed by atoms with E-state index in [2.05, 4.69) is 49.3 Å². The van der Waals surface area contributed by atoms with Crippen LogP contribution in [0, 0.1) is 11.3 Å². The van der Waals surface area contributed by atoms with Gasteiger partial charge in [-0.2, -0.15) is 11.8 Å². The minimum atomic E-state index is 0.305. The second-order valence-corrected chi connectivity index (χ2v) is 12.2. The molecule has 0 aromatic carbocycles. The summed E-state index contributed by atoms with van der Waals surface area (Å²) in [6.45, 7) is 19.0. The first-order chi connectivity index (χ1) is 15.2. The van der Waals surface area contributed by atoms with E-state index in [0.717, 1.165) is 51.4 Å². The Morgan fingerprint density at radius 1 is 0.812 bits per heavy atom. The van der Waals surface area contributed by atoms with Crippen LogP contribution in [0.4, 0.5) is 0 Å². The van der Waals surface area contributed by atoms with Crippen LogP contribution >= 0.6 is 11.8 Å². The molecule has 1 unspecified atom stereocenters. The first-order valence-corrected chi connectivity index (χ1v) is 14.0. The summed E-state index contributed by atoms with van der Waals surface area (Å²) in [5.74, 6) is 2.72. The van der Waals surface area contributed by atoms with E-state index in [0.29, 0.717) is 47.4 Å². The van der Waals surface area contributed by atoms with Gasteiger partial charge in [0, 0.05) is 63.2 Å². The summed E-state index contributed by atoms with van der Waals surface area (Å²) in [6, 6.07) is 1.15. The van der Waals surface area contributed by atoms with Crippen molar-refractivity contribution < 1.29 is 9.59 Å². The number of piperidine rings is 1. The summed E-state index contributed by atoms with van der Waals surface area (Å²) in [7, 11) is 0. The molecule has 3 fully saturated rings. The summed E-state index contributed by atoms with van der Waals surface area (Å²) in [4.78, 5) is 34.0. The fraction of sp³-hybridized carbons (Fsp3) is 0.920. The van der Waals surface area contributed by atoms with Crippen LogP contribution in [0.2, 0.25) is 0 Å². The predicted octanol–water partition coefficient (Wildman–Crippen LogP) is 3.02. The third-order valence-corrected chi connectivity index (χ3v) is 8.75. The Kier molecular flexibility index (Phi) is 9.33. The maximum atomic E-state index is 12.6. The number of hydrogen-bond donors (Lipinski definition) is 0. The summed E-state index contributed by atoms with van der Waals surface area (Å²) in [5, 5.41) is 0. The molecule has 0 radical (unpaired) electrons. The number of rotatable bonds is 9. The lowest BCUT2D eigenvalue weighted by Crippen LogP contribution is -2.62. The minimum absolute atomic E-state index is 0.305. The zero-order chi connectivity index (χ0) is 23.3. The molecule has 6 nitrogen and oxygen atoms in total. The van der Waals surface area contributed by atoms with Crippen LogP contribution in [0.15, 0.2) is 0 Å². The third kappa shape index (κ3) is 6.86. The van der Waals surface area contributed by atoms with Crippen molar-refractivity contribution in [1.29, 1.82) is 0 Å². The Morgan fingerprint density at radius 3 is 2.00 bits per heavy atom. The fourth-order valence-corrected chi connectivity index (χ4v) is 6.36. The molecule has 7 heteroatoms. The molecule has 0 bridgehead atoms. The van der Waals surface area contributed by atoms with Crippen molar-refractivity contribution in [2.75, 3.05) is 63.9 Å². The Bertz CT molecular complexity index is 617. The van der Waals surface area contributed by atoms with Crippen molar-refractivity contribution in [3.63, 3.8) is 0 Å². The quantitative estimate of drug-likeness (QED) is 0.489. The number of amides is 2. The third-order valence-electron chi connectivity index (χ3n) is 7.77. The van der Waals surface area contributed by atoms with Crippen LogP contribution in [0.25, 0.3) is 0 Å². The largest absolute Gasteiger partial charge is 0.341 e. The van der Waals surface area contributed by atoms with E-state index in [-0.39, 0.29) is 0 Å². The second-order valence-electron chi connectivity index (χ2n) is 11.1. The van der Waals surface area contributed by atoms with Crippen molar-refractivity contribution in [3.8, 4) is 0 Å². The van der Waals surface area contributed by atoms with Crippen LogP contribution in [0.1, 0.15) is 60.3 Å². The molecule has 1 atom stereocenters. The number of carbonyl (C=O) groups excluding carboxylic acids is 2. The molecular weight excluding hydrogens is 420 g/mol. The van der Waals surface area contributed by atoms with Gasteiger partial charge in [0.25, 0.3) is 0 Å². The maximum Gasteiger partial charge on any atom is 0.232 e. The first kappa shape index (κ1) is 25.8. The lowest BCUT2D eigenvalue weighted by molar-refractivity contribution is -0.144. The summed E-state index contributed by atoms with van der Waals surface area (Å²) in [6.07, 6.45) is 4.26. The second kappa shape index (κ2) is 11.6. The average Bonchev–Trinajstić information content (AvgIpc) is 2.74. The predicted molar refractivity (Wildman–Crippen MR) is 134 cm³/mol. The molecule has 0 aliphatic carbocycles.